The molecule has 0 bridgehead atoms. The zero-order chi connectivity index (χ0) is 15.5. The van der Waals surface area contributed by atoms with Crippen LogP contribution in [0, 0.1) is 5.82 Å². The van der Waals surface area contributed by atoms with Gasteiger partial charge in [-0.2, -0.15) is 0 Å². The van der Waals surface area contributed by atoms with Gasteiger partial charge < -0.3 is 10.1 Å². The van der Waals surface area contributed by atoms with Gasteiger partial charge in [-0.05, 0) is 37.5 Å². The number of nitrogens with one attached hydrogen (secondary N) is 2. The molecule has 0 aliphatic heterocycles. The van der Waals surface area contributed by atoms with Crippen molar-refractivity contribution < 1.29 is 17.5 Å². The van der Waals surface area contributed by atoms with E-state index in [1.54, 1.807) is 6.92 Å². The highest BCUT2D eigenvalue weighted by molar-refractivity contribution is 7.89. The van der Waals surface area contributed by atoms with Gasteiger partial charge in [0.05, 0.1) is 11.5 Å². The topological polar surface area (TPSA) is 67.4 Å². The first-order valence-corrected chi connectivity index (χ1v) is 8.44. The van der Waals surface area contributed by atoms with Crippen LogP contribution in [0.5, 0.6) is 0 Å². The highest BCUT2D eigenvalue weighted by atomic mass is 32.2. The van der Waals surface area contributed by atoms with Crippen LogP contribution in [0.4, 0.5) is 4.39 Å². The molecule has 1 aromatic rings. The summed E-state index contributed by atoms with van der Waals surface area (Å²) in [4.78, 5) is -0.0152. The van der Waals surface area contributed by atoms with E-state index in [1.807, 2.05) is 0 Å². The van der Waals surface area contributed by atoms with Crippen molar-refractivity contribution in [1.82, 2.24) is 10.0 Å². The molecule has 0 aromatic heterocycles. The highest BCUT2D eigenvalue weighted by Crippen LogP contribution is 2.22. The Balaban J connectivity index is 2.20. The summed E-state index contributed by atoms with van der Waals surface area (Å²) in [6.45, 7) is 2.37. The molecule has 0 amide bonds. The number of benzene rings is 1. The molecule has 2 N–H and O–H groups in total. The first-order valence-electron chi connectivity index (χ1n) is 6.95. The van der Waals surface area contributed by atoms with Gasteiger partial charge in [0, 0.05) is 25.7 Å². The van der Waals surface area contributed by atoms with E-state index in [4.69, 9.17) is 4.74 Å². The van der Waals surface area contributed by atoms with Crippen LogP contribution in [0.25, 0.3) is 0 Å². The molecule has 1 fully saturated rings. The molecule has 0 spiro atoms. The summed E-state index contributed by atoms with van der Waals surface area (Å²) in [6.07, 6.45) is 2.21. The number of methoxy groups -OCH3 is 1. The predicted octanol–water partition coefficient (Wildman–Crippen LogP) is 1.39. The van der Waals surface area contributed by atoms with Crippen molar-refractivity contribution in [1.29, 1.82) is 0 Å². The maximum atomic E-state index is 13.4. The van der Waals surface area contributed by atoms with Gasteiger partial charge in [0.15, 0.2) is 0 Å². The van der Waals surface area contributed by atoms with E-state index in [2.05, 4.69) is 10.0 Å². The SMILES string of the molecule is COCC(C)NS(=O)(=O)c1cc(F)ccc1CNC1CC1. The van der Waals surface area contributed by atoms with E-state index >= 15 is 0 Å². The number of rotatable bonds is 8. The first kappa shape index (κ1) is 16.4. The third-order valence-corrected chi connectivity index (χ3v) is 4.92. The summed E-state index contributed by atoms with van der Waals surface area (Å²) in [7, 11) is -2.27. The number of hydrogen-bond acceptors (Lipinski definition) is 4. The minimum atomic E-state index is -3.77. The van der Waals surface area contributed by atoms with Gasteiger partial charge in [-0.25, -0.2) is 17.5 Å². The average Bonchev–Trinajstić information content (AvgIpc) is 3.21. The van der Waals surface area contributed by atoms with E-state index in [-0.39, 0.29) is 17.5 Å². The van der Waals surface area contributed by atoms with Gasteiger partial charge in [0.1, 0.15) is 5.82 Å². The monoisotopic (exact) mass is 316 g/mol. The zero-order valence-corrected chi connectivity index (χ0v) is 13.0. The molecule has 118 valence electrons. The molecule has 1 atom stereocenters. The number of sulfonamides is 1. The zero-order valence-electron chi connectivity index (χ0n) is 12.2. The quantitative estimate of drug-likeness (QED) is 0.760. The standard InChI is InChI=1S/C14H21FN2O3S/c1-10(9-20-2)17-21(18,19)14-7-12(15)4-3-11(14)8-16-13-5-6-13/h3-4,7,10,13,16-17H,5-6,8-9H2,1-2H3. The molecule has 5 nitrogen and oxygen atoms in total. The second-order valence-corrected chi connectivity index (χ2v) is 7.07. The average molecular weight is 316 g/mol. The fourth-order valence-corrected chi connectivity index (χ4v) is 3.56. The van der Waals surface area contributed by atoms with Crippen LogP contribution in [0.3, 0.4) is 0 Å². The Morgan fingerprint density at radius 3 is 2.76 bits per heavy atom. The van der Waals surface area contributed by atoms with Crippen molar-refractivity contribution in [3.63, 3.8) is 0 Å². The lowest BCUT2D eigenvalue weighted by atomic mass is 10.2. The molecule has 1 unspecified atom stereocenters. The maximum Gasteiger partial charge on any atom is 0.241 e. The number of halogens is 1. The Morgan fingerprint density at radius 2 is 2.14 bits per heavy atom. The van der Waals surface area contributed by atoms with E-state index in [1.165, 1.54) is 19.2 Å². The minimum absolute atomic E-state index is 0.0152. The first-order chi connectivity index (χ1) is 9.92. The molecule has 1 aliphatic rings. The Morgan fingerprint density at radius 1 is 1.43 bits per heavy atom. The summed E-state index contributed by atoms with van der Waals surface area (Å²) < 4.78 is 45.6. The van der Waals surface area contributed by atoms with Crippen molar-refractivity contribution in [2.45, 2.75) is 43.3 Å². The molecule has 1 aliphatic carbocycles. The molecule has 2 rings (SSSR count). The lowest BCUT2D eigenvalue weighted by Gasteiger charge is -2.16. The van der Waals surface area contributed by atoms with Gasteiger partial charge in [0.2, 0.25) is 10.0 Å². The molecule has 1 saturated carbocycles. The summed E-state index contributed by atoms with van der Waals surface area (Å²) in [5.74, 6) is -0.565. The lowest BCUT2D eigenvalue weighted by molar-refractivity contribution is 0.180. The lowest BCUT2D eigenvalue weighted by Crippen LogP contribution is -2.36. The van der Waals surface area contributed by atoms with Crippen molar-refractivity contribution in [2.24, 2.45) is 0 Å². The molecule has 1 aromatic carbocycles. The van der Waals surface area contributed by atoms with Crippen LogP contribution in [-0.2, 0) is 21.3 Å². The van der Waals surface area contributed by atoms with E-state index in [0.717, 1.165) is 18.9 Å². The van der Waals surface area contributed by atoms with Gasteiger partial charge in [0.25, 0.3) is 0 Å². The van der Waals surface area contributed by atoms with Gasteiger partial charge >= 0.3 is 0 Å². The van der Waals surface area contributed by atoms with Gasteiger partial charge in [-0.1, -0.05) is 6.07 Å². The summed E-state index contributed by atoms with van der Waals surface area (Å²) >= 11 is 0. The summed E-state index contributed by atoms with van der Waals surface area (Å²) in [5, 5.41) is 3.24. The van der Waals surface area contributed by atoms with Gasteiger partial charge in [-0.15, -0.1) is 0 Å². The fourth-order valence-electron chi connectivity index (χ4n) is 2.08. The Hall–Kier alpha value is -1.02. The largest absolute Gasteiger partial charge is 0.383 e. The van der Waals surface area contributed by atoms with Crippen LogP contribution in [0.1, 0.15) is 25.3 Å². The Kier molecular flexibility index (Phi) is 5.32. The minimum Gasteiger partial charge on any atom is -0.383 e. The molecule has 21 heavy (non-hydrogen) atoms. The van der Waals surface area contributed by atoms with Crippen LogP contribution in [0.15, 0.2) is 23.1 Å². The van der Waals surface area contributed by atoms with E-state index in [9.17, 15) is 12.8 Å². The second kappa shape index (κ2) is 6.83. The van der Waals surface area contributed by atoms with Crippen molar-refractivity contribution in [3.05, 3.63) is 29.6 Å². The Bertz CT molecular complexity index is 588. The second-order valence-electron chi connectivity index (χ2n) is 5.38. The van der Waals surface area contributed by atoms with Crippen molar-refractivity contribution in [3.8, 4) is 0 Å². The van der Waals surface area contributed by atoms with E-state index < -0.39 is 15.8 Å². The molecule has 0 radical (unpaired) electrons. The summed E-state index contributed by atoms with van der Waals surface area (Å²) in [6, 6.07) is 3.92. The molecule has 0 saturated heterocycles. The maximum absolute atomic E-state index is 13.4. The van der Waals surface area contributed by atoms with Crippen molar-refractivity contribution in [2.75, 3.05) is 13.7 Å². The van der Waals surface area contributed by atoms with Crippen LogP contribution < -0.4 is 10.0 Å². The van der Waals surface area contributed by atoms with E-state index in [0.29, 0.717) is 18.2 Å². The normalized spacial score (nSPS) is 16.9. The third kappa shape index (κ3) is 4.74. The number of ether oxygens (including phenoxy) is 1. The smallest absolute Gasteiger partial charge is 0.241 e. The Labute approximate surface area is 124 Å². The summed E-state index contributed by atoms with van der Waals surface area (Å²) in [5.41, 5.74) is 0.570. The van der Waals surface area contributed by atoms with Crippen LogP contribution >= 0.6 is 0 Å². The van der Waals surface area contributed by atoms with Crippen LogP contribution in [0.2, 0.25) is 0 Å². The molecular weight excluding hydrogens is 295 g/mol. The van der Waals surface area contributed by atoms with Crippen molar-refractivity contribution >= 4 is 10.0 Å². The molecular formula is C14H21FN2O3S. The van der Waals surface area contributed by atoms with Gasteiger partial charge in [-0.3, -0.25) is 0 Å². The number of hydrogen-bond donors (Lipinski definition) is 2. The predicted molar refractivity (Wildman–Crippen MR) is 77.9 cm³/mol. The fraction of sp³-hybridized carbons (Fsp3) is 0.571. The third-order valence-electron chi connectivity index (χ3n) is 3.25. The van der Waals surface area contributed by atoms with Crippen LogP contribution in [-0.4, -0.2) is 34.2 Å². The molecule has 0 heterocycles. The molecule has 7 heteroatoms. The highest BCUT2D eigenvalue weighted by Gasteiger charge is 2.24.